The Hall–Kier alpha value is -4.48. The van der Waals surface area contributed by atoms with Crippen LogP contribution < -0.4 is 24.6 Å². The number of anilines is 2. The molecule has 11 nitrogen and oxygen atoms in total. The van der Waals surface area contributed by atoms with Crippen molar-refractivity contribution >= 4 is 40.9 Å². The Morgan fingerprint density at radius 3 is 2.25 bits per heavy atom. The monoisotopic (exact) mass is 776 g/mol. The molecule has 1 unspecified atom stereocenters. The Morgan fingerprint density at radius 2 is 1.65 bits per heavy atom. The fraction of sp³-hybridized carbons (Fsp3) is 0.512. The molecule has 1 N–H and O–H groups in total. The third kappa shape index (κ3) is 10.4. The molecule has 0 spiro atoms. The topological polar surface area (TPSA) is 110 Å². The number of nitrogens with one attached hydrogen (secondary N) is 1. The maximum atomic E-state index is 14.1. The van der Waals surface area contributed by atoms with E-state index in [4.69, 9.17) is 30.5 Å². The van der Waals surface area contributed by atoms with Gasteiger partial charge in [0, 0.05) is 48.6 Å². The predicted octanol–water partition coefficient (Wildman–Crippen LogP) is 7.95. The minimum absolute atomic E-state index is 0.0345. The number of hydrogen-bond acceptors (Lipinski definition) is 9. The van der Waals surface area contributed by atoms with Gasteiger partial charge in [-0.1, -0.05) is 43.0 Å². The molecular weight excluding hydrogens is 720 g/mol. The number of benzene rings is 3. The standard InChI is InChI=1S/C43H57ClN4O7/c1-29(2)54-37-26-35-31(24-36(37)52-7)25-38(49)48(40(35)30-12-14-32(44)15-13-30)34-18-16-33(17-19-34)46(6)28-43(20-10-9-11-21-43)47(27-39(50)53-8)23-22-45-41(51)55-42(3,4)5/h12-19,24,26,29,40H,9-11,20-23,25,27-28H2,1-8H3,(H,45,51). The number of nitrogens with zero attached hydrogens (tertiary/aromatic N) is 3. The van der Waals surface area contributed by atoms with Gasteiger partial charge in [-0.3, -0.25) is 14.5 Å². The van der Waals surface area contributed by atoms with E-state index in [2.05, 4.69) is 22.2 Å². The van der Waals surface area contributed by atoms with Crippen molar-refractivity contribution in [3.63, 3.8) is 0 Å². The summed E-state index contributed by atoms with van der Waals surface area (Å²) in [6, 6.07) is 19.2. The normalized spacial score (nSPS) is 16.7. The van der Waals surface area contributed by atoms with E-state index in [-0.39, 0.29) is 36.5 Å². The molecule has 0 bridgehead atoms. The van der Waals surface area contributed by atoms with E-state index in [1.807, 2.05) is 100 Å². The summed E-state index contributed by atoms with van der Waals surface area (Å²) in [5.41, 5.74) is 3.57. The van der Waals surface area contributed by atoms with Gasteiger partial charge < -0.3 is 34.1 Å². The van der Waals surface area contributed by atoms with Crippen molar-refractivity contribution in [3.8, 4) is 11.5 Å². The molecule has 12 heteroatoms. The Bertz CT molecular complexity index is 1790. The number of esters is 1. The van der Waals surface area contributed by atoms with Gasteiger partial charge in [0.2, 0.25) is 5.91 Å². The highest BCUT2D eigenvalue weighted by molar-refractivity contribution is 6.30. The number of alkyl carbamates (subject to hydrolysis) is 1. The minimum atomic E-state index is -0.610. The molecule has 0 radical (unpaired) electrons. The summed E-state index contributed by atoms with van der Waals surface area (Å²) in [5.74, 6) is 0.863. The second kappa shape index (κ2) is 18.0. The molecule has 1 heterocycles. The maximum Gasteiger partial charge on any atom is 0.407 e. The number of carbonyl (C=O) groups is 3. The first-order valence-electron chi connectivity index (χ1n) is 19.2. The number of methoxy groups -OCH3 is 2. The van der Waals surface area contributed by atoms with Crippen molar-refractivity contribution in [2.24, 2.45) is 0 Å². The number of amides is 2. The Kier molecular flexibility index (Phi) is 13.6. The highest BCUT2D eigenvalue weighted by Gasteiger charge is 2.41. The number of carbonyl (C=O) groups excluding carboxylic acids is 3. The van der Waals surface area contributed by atoms with Gasteiger partial charge in [-0.25, -0.2) is 4.79 Å². The molecule has 5 rings (SSSR count). The largest absolute Gasteiger partial charge is 0.493 e. The first-order valence-corrected chi connectivity index (χ1v) is 19.6. The van der Waals surface area contributed by atoms with Gasteiger partial charge in [-0.05, 0) is 113 Å². The average molecular weight is 777 g/mol. The van der Waals surface area contributed by atoms with Gasteiger partial charge in [-0.2, -0.15) is 0 Å². The SMILES string of the molecule is COC(=O)CN(CCNC(=O)OC(C)(C)C)C1(CN(C)c2ccc(N3C(=O)Cc4cc(OC)c(OC(C)C)cc4C3c3ccc(Cl)cc3)cc2)CCCCC1. The van der Waals surface area contributed by atoms with Crippen LogP contribution in [0.15, 0.2) is 60.7 Å². The fourth-order valence-electron chi connectivity index (χ4n) is 7.83. The summed E-state index contributed by atoms with van der Waals surface area (Å²) < 4.78 is 22.4. The second-order valence-corrected chi connectivity index (χ2v) is 16.3. The fourth-order valence-corrected chi connectivity index (χ4v) is 7.95. The van der Waals surface area contributed by atoms with Crippen molar-refractivity contribution in [2.45, 2.75) is 96.4 Å². The van der Waals surface area contributed by atoms with E-state index in [9.17, 15) is 14.4 Å². The van der Waals surface area contributed by atoms with Crippen LogP contribution in [-0.4, -0.2) is 87.6 Å². The molecule has 55 heavy (non-hydrogen) atoms. The van der Waals surface area contributed by atoms with Gasteiger partial charge >= 0.3 is 12.1 Å². The first kappa shape index (κ1) is 41.7. The number of ether oxygens (including phenoxy) is 4. The highest BCUT2D eigenvalue weighted by Crippen LogP contribution is 2.44. The molecule has 298 valence electrons. The quantitative estimate of drug-likeness (QED) is 0.163. The smallest absolute Gasteiger partial charge is 0.407 e. The molecule has 1 aliphatic heterocycles. The van der Waals surface area contributed by atoms with Crippen LogP contribution in [0.1, 0.15) is 89.5 Å². The molecule has 1 fully saturated rings. The molecule has 3 aromatic carbocycles. The second-order valence-electron chi connectivity index (χ2n) is 15.8. The van der Waals surface area contributed by atoms with Crippen molar-refractivity contribution in [1.82, 2.24) is 10.2 Å². The van der Waals surface area contributed by atoms with Gasteiger partial charge in [0.05, 0.1) is 39.3 Å². The van der Waals surface area contributed by atoms with Gasteiger partial charge in [-0.15, -0.1) is 0 Å². The lowest BCUT2D eigenvalue weighted by Gasteiger charge is -2.48. The van der Waals surface area contributed by atoms with Crippen molar-refractivity contribution in [1.29, 1.82) is 0 Å². The third-order valence-electron chi connectivity index (χ3n) is 10.3. The third-order valence-corrected chi connectivity index (χ3v) is 10.5. The van der Waals surface area contributed by atoms with Gasteiger partial charge in [0.15, 0.2) is 11.5 Å². The van der Waals surface area contributed by atoms with Crippen LogP contribution in [0.2, 0.25) is 5.02 Å². The maximum absolute atomic E-state index is 14.1. The molecule has 3 aromatic rings. The molecule has 1 saturated carbocycles. The summed E-state index contributed by atoms with van der Waals surface area (Å²) in [6.07, 6.45) is 4.64. The zero-order chi connectivity index (χ0) is 39.9. The lowest BCUT2D eigenvalue weighted by Crippen LogP contribution is -2.59. The van der Waals surface area contributed by atoms with Gasteiger partial charge in [0.1, 0.15) is 5.60 Å². The number of rotatable bonds is 14. The number of likely N-dealkylation sites (N-methyl/N-ethyl adjacent to an activating group) is 1. The predicted molar refractivity (Wildman–Crippen MR) is 217 cm³/mol. The zero-order valence-corrected chi connectivity index (χ0v) is 34.3. The van der Waals surface area contributed by atoms with E-state index in [0.717, 1.165) is 60.2 Å². The Labute approximate surface area is 331 Å². The molecular formula is C43H57ClN4O7. The summed E-state index contributed by atoms with van der Waals surface area (Å²) in [7, 11) is 5.07. The number of hydrogen-bond donors (Lipinski definition) is 1. The van der Waals surface area contributed by atoms with E-state index < -0.39 is 17.7 Å². The summed E-state index contributed by atoms with van der Waals surface area (Å²) in [5, 5.41) is 3.48. The van der Waals surface area contributed by atoms with Crippen molar-refractivity contribution in [3.05, 3.63) is 82.4 Å². The van der Waals surface area contributed by atoms with Crippen LogP contribution in [0.3, 0.4) is 0 Å². The molecule has 1 atom stereocenters. The lowest BCUT2D eigenvalue weighted by atomic mass is 9.79. The summed E-state index contributed by atoms with van der Waals surface area (Å²) in [6.45, 7) is 11.0. The molecule has 0 aromatic heterocycles. The molecule has 0 saturated heterocycles. The van der Waals surface area contributed by atoms with Crippen LogP contribution in [0.5, 0.6) is 11.5 Å². The average Bonchev–Trinajstić information content (AvgIpc) is 3.13. The van der Waals surface area contributed by atoms with Gasteiger partial charge in [0.25, 0.3) is 0 Å². The Morgan fingerprint density at radius 1 is 0.982 bits per heavy atom. The van der Waals surface area contributed by atoms with Crippen LogP contribution in [0, 0.1) is 0 Å². The van der Waals surface area contributed by atoms with Crippen LogP contribution in [0.4, 0.5) is 16.2 Å². The van der Waals surface area contributed by atoms with Crippen molar-refractivity contribution in [2.75, 3.05) is 57.2 Å². The van der Waals surface area contributed by atoms with E-state index in [0.29, 0.717) is 36.2 Å². The van der Waals surface area contributed by atoms with E-state index >= 15 is 0 Å². The highest BCUT2D eigenvalue weighted by atomic mass is 35.5. The first-order chi connectivity index (χ1) is 26.1. The molecule has 2 aliphatic rings. The molecule has 2 amide bonds. The van der Waals surface area contributed by atoms with Crippen molar-refractivity contribution < 1.29 is 33.3 Å². The van der Waals surface area contributed by atoms with Crippen LogP contribution in [0.25, 0.3) is 0 Å². The summed E-state index contributed by atoms with van der Waals surface area (Å²) >= 11 is 6.32. The van der Waals surface area contributed by atoms with Crippen LogP contribution >= 0.6 is 11.6 Å². The minimum Gasteiger partial charge on any atom is -0.493 e. The number of fused-ring (bicyclic) bond motifs is 1. The Balaban J connectivity index is 1.43. The summed E-state index contributed by atoms with van der Waals surface area (Å²) in [4.78, 5) is 45.6. The van der Waals surface area contributed by atoms with E-state index in [1.54, 1.807) is 7.11 Å². The number of halogens is 1. The van der Waals surface area contributed by atoms with Crippen LogP contribution in [-0.2, 0) is 25.5 Å². The lowest BCUT2D eigenvalue weighted by molar-refractivity contribution is -0.144. The van der Waals surface area contributed by atoms with E-state index in [1.165, 1.54) is 7.11 Å². The molecule has 1 aliphatic carbocycles. The zero-order valence-electron chi connectivity index (χ0n) is 33.6.